The number of alkyl halides is 1. The molecule has 1 fully saturated rings. The largest absolute Gasteiger partial charge is 0.394 e. The first-order chi connectivity index (χ1) is 10.3. The molecule has 1 saturated heterocycles. The summed E-state index contributed by atoms with van der Waals surface area (Å²) in [7, 11) is 0. The van der Waals surface area contributed by atoms with E-state index in [1.54, 1.807) is 4.98 Å². The van der Waals surface area contributed by atoms with Gasteiger partial charge in [0, 0.05) is 0 Å². The van der Waals surface area contributed by atoms with Gasteiger partial charge in [0.2, 0.25) is 5.82 Å². The summed E-state index contributed by atoms with van der Waals surface area (Å²) >= 11 is 0. The van der Waals surface area contributed by atoms with Gasteiger partial charge in [0.25, 0.3) is 5.56 Å². The van der Waals surface area contributed by atoms with E-state index >= 15 is 0 Å². The van der Waals surface area contributed by atoms with Crippen molar-refractivity contribution in [1.82, 2.24) is 9.55 Å². The Labute approximate surface area is 122 Å². The van der Waals surface area contributed by atoms with Crippen molar-refractivity contribution in [3.8, 4) is 11.8 Å². The van der Waals surface area contributed by atoms with Crippen LogP contribution in [0, 0.1) is 17.7 Å². The summed E-state index contributed by atoms with van der Waals surface area (Å²) in [5, 5.41) is 19.2. The average molecular weight is 317 g/mol. The minimum Gasteiger partial charge on any atom is -0.394 e. The van der Waals surface area contributed by atoms with Crippen LogP contribution in [0.4, 0.5) is 8.78 Å². The van der Waals surface area contributed by atoms with Gasteiger partial charge in [-0.05, 0) is 0 Å². The Bertz CT molecular complexity index is 737. The fraction of sp³-hybridized carbons (Fsp3) is 0.500. The molecule has 1 aliphatic heterocycles. The lowest BCUT2D eigenvalue weighted by atomic mass is 9.91. The number of hydrogen-bond acceptors (Lipinski definition) is 6. The quantitative estimate of drug-likeness (QED) is 0.450. The van der Waals surface area contributed by atoms with Crippen molar-refractivity contribution >= 4 is 0 Å². The molecular weight excluding hydrogens is 304 g/mol. The zero-order valence-corrected chi connectivity index (χ0v) is 11.1. The highest BCUT2D eigenvalue weighted by Gasteiger charge is 2.54. The van der Waals surface area contributed by atoms with E-state index in [0.29, 0.717) is 10.8 Å². The minimum atomic E-state index is -1.98. The van der Waals surface area contributed by atoms with E-state index in [-0.39, 0.29) is 0 Å². The number of nitrogens with two attached hydrogens (primary N) is 1. The van der Waals surface area contributed by atoms with Gasteiger partial charge < -0.3 is 20.7 Å². The third-order valence-corrected chi connectivity index (χ3v) is 3.28. The molecule has 8 nitrogen and oxygen atoms in total. The third kappa shape index (κ3) is 2.55. The number of ether oxygens (including phenoxy) is 1. The van der Waals surface area contributed by atoms with E-state index < -0.39 is 54.3 Å². The van der Waals surface area contributed by atoms with Crippen LogP contribution in [0.5, 0.6) is 0 Å². The SMILES string of the molecule is NC1(C#CCF)[C@@H](O)[C@@H](CO)O[C@H]1n1cc(F)c(=O)[nH]c1=O. The molecule has 1 aliphatic rings. The second-order valence-electron chi connectivity index (χ2n) is 4.67. The summed E-state index contributed by atoms with van der Waals surface area (Å²) in [4.78, 5) is 24.5. The van der Waals surface area contributed by atoms with Gasteiger partial charge in [0.05, 0.1) is 12.8 Å². The first-order valence-corrected chi connectivity index (χ1v) is 6.15. The van der Waals surface area contributed by atoms with Crippen molar-refractivity contribution in [3.05, 3.63) is 32.9 Å². The molecule has 120 valence electrons. The molecule has 0 saturated carbocycles. The van der Waals surface area contributed by atoms with E-state index in [0.717, 1.165) is 0 Å². The Hall–Kier alpha value is -2.06. The molecule has 22 heavy (non-hydrogen) atoms. The summed E-state index contributed by atoms with van der Waals surface area (Å²) in [5.41, 5.74) is 1.61. The molecule has 2 rings (SSSR count). The van der Waals surface area contributed by atoms with E-state index in [2.05, 4.69) is 5.92 Å². The zero-order chi connectivity index (χ0) is 16.5. The monoisotopic (exact) mass is 317 g/mol. The van der Waals surface area contributed by atoms with Crippen molar-refractivity contribution in [2.75, 3.05) is 13.3 Å². The number of aromatic nitrogens is 2. The summed E-state index contributed by atoms with van der Waals surface area (Å²) in [6.07, 6.45) is -3.77. The molecule has 0 aliphatic carbocycles. The summed E-state index contributed by atoms with van der Waals surface area (Å²) < 4.78 is 31.5. The molecule has 0 spiro atoms. The average Bonchev–Trinajstić information content (AvgIpc) is 2.73. The minimum absolute atomic E-state index is 0.539. The highest BCUT2D eigenvalue weighted by Crippen LogP contribution is 2.35. The molecule has 1 aromatic heterocycles. The third-order valence-electron chi connectivity index (χ3n) is 3.28. The maximum atomic E-state index is 13.4. The van der Waals surface area contributed by atoms with Gasteiger partial charge in [-0.1, -0.05) is 11.8 Å². The zero-order valence-electron chi connectivity index (χ0n) is 11.1. The van der Waals surface area contributed by atoms with E-state index in [1.807, 2.05) is 5.92 Å². The van der Waals surface area contributed by atoms with Crippen molar-refractivity contribution in [1.29, 1.82) is 0 Å². The van der Waals surface area contributed by atoms with Gasteiger partial charge >= 0.3 is 5.69 Å². The smallest absolute Gasteiger partial charge is 0.330 e. The van der Waals surface area contributed by atoms with Crippen molar-refractivity contribution in [2.24, 2.45) is 5.73 Å². The first kappa shape index (κ1) is 16.3. The molecule has 0 radical (unpaired) electrons. The van der Waals surface area contributed by atoms with Crippen LogP contribution in [-0.2, 0) is 4.74 Å². The lowest BCUT2D eigenvalue weighted by Gasteiger charge is -2.27. The number of H-pyrrole nitrogens is 1. The van der Waals surface area contributed by atoms with Gasteiger partial charge in [-0.25, -0.2) is 9.18 Å². The second-order valence-corrected chi connectivity index (χ2v) is 4.67. The number of nitrogens with zero attached hydrogens (tertiary/aromatic N) is 1. The molecule has 0 aromatic carbocycles. The number of hydrogen-bond donors (Lipinski definition) is 4. The van der Waals surface area contributed by atoms with Gasteiger partial charge in [-0.3, -0.25) is 14.3 Å². The predicted molar refractivity (Wildman–Crippen MR) is 69.0 cm³/mol. The topological polar surface area (TPSA) is 131 Å². The van der Waals surface area contributed by atoms with Gasteiger partial charge in [0.15, 0.2) is 11.8 Å². The van der Waals surface area contributed by atoms with Crippen LogP contribution in [0.2, 0.25) is 0 Å². The van der Waals surface area contributed by atoms with Crippen LogP contribution in [0.15, 0.2) is 15.8 Å². The van der Waals surface area contributed by atoms with Gasteiger partial charge in [-0.2, -0.15) is 4.39 Å². The maximum Gasteiger partial charge on any atom is 0.330 e. The molecular formula is C12H13F2N3O5. The van der Waals surface area contributed by atoms with Crippen LogP contribution in [-0.4, -0.2) is 50.8 Å². The normalized spacial score (nSPS) is 30.9. The van der Waals surface area contributed by atoms with Gasteiger partial charge in [0.1, 0.15) is 18.9 Å². The summed E-state index contributed by atoms with van der Waals surface area (Å²) in [6, 6.07) is 0. The summed E-state index contributed by atoms with van der Waals surface area (Å²) in [5.74, 6) is 2.94. The van der Waals surface area contributed by atoms with E-state index in [1.165, 1.54) is 0 Å². The lowest BCUT2D eigenvalue weighted by Crippen LogP contribution is -2.55. The first-order valence-electron chi connectivity index (χ1n) is 6.15. The van der Waals surface area contributed by atoms with Crippen molar-refractivity contribution in [3.63, 3.8) is 0 Å². The number of nitrogens with one attached hydrogen (secondary N) is 1. The fourth-order valence-corrected chi connectivity index (χ4v) is 2.20. The Kier molecular flexibility index (Phi) is 4.43. The molecule has 5 N–H and O–H groups in total. The molecule has 1 aromatic rings. The van der Waals surface area contributed by atoms with Crippen LogP contribution < -0.4 is 17.0 Å². The highest BCUT2D eigenvalue weighted by atomic mass is 19.1. The molecule has 0 amide bonds. The number of aromatic amines is 1. The Morgan fingerprint density at radius 2 is 2.23 bits per heavy atom. The standard InChI is InChI=1S/C12H13F2N3O5/c13-3-1-2-12(15)8(19)7(5-18)22-10(12)17-4-6(14)9(20)16-11(17)21/h4,7-8,10,18-19H,3,5,15H2,(H,16,20,21)/t7-,8+,10-,12?/m1/s1. The lowest BCUT2D eigenvalue weighted by molar-refractivity contribution is -0.0480. The van der Waals surface area contributed by atoms with Crippen LogP contribution in [0.25, 0.3) is 0 Å². The Balaban J connectivity index is 2.59. The van der Waals surface area contributed by atoms with Crippen molar-refractivity contribution < 1.29 is 23.7 Å². The fourth-order valence-electron chi connectivity index (χ4n) is 2.20. The van der Waals surface area contributed by atoms with Crippen molar-refractivity contribution in [2.45, 2.75) is 24.0 Å². The number of aliphatic hydroxyl groups excluding tert-OH is 2. The number of rotatable bonds is 2. The molecule has 4 atom stereocenters. The molecule has 0 bridgehead atoms. The van der Waals surface area contributed by atoms with Gasteiger partial charge in [-0.15, -0.1) is 0 Å². The van der Waals surface area contributed by atoms with Crippen LogP contribution in [0.1, 0.15) is 6.23 Å². The maximum absolute atomic E-state index is 13.4. The van der Waals surface area contributed by atoms with Crippen LogP contribution in [0.3, 0.4) is 0 Å². The number of aliphatic hydroxyl groups is 2. The molecule has 1 unspecified atom stereocenters. The second kappa shape index (κ2) is 5.98. The van der Waals surface area contributed by atoms with E-state index in [4.69, 9.17) is 15.6 Å². The summed E-state index contributed by atoms with van der Waals surface area (Å²) in [6.45, 7) is -1.73. The Morgan fingerprint density at radius 1 is 1.55 bits per heavy atom. The molecule has 10 heteroatoms. The van der Waals surface area contributed by atoms with Crippen LogP contribution >= 0.6 is 0 Å². The number of halogens is 2. The van der Waals surface area contributed by atoms with E-state index in [9.17, 15) is 23.5 Å². The predicted octanol–water partition coefficient (Wildman–Crippen LogP) is -2.40. The highest BCUT2D eigenvalue weighted by molar-refractivity contribution is 5.26. The Morgan fingerprint density at radius 3 is 2.82 bits per heavy atom. The molecule has 2 heterocycles.